The zero-order chi connectivity index (χ0) is 16.1. The smallest absolute Gasteiger partial charge is 0.256 e. The van der Waals surface area contributed by atoms with Gasteiger partial charge in [0, 0.05) is 31.2 Å². The molecular formula is C18H24N2O3. The van der Waals surface area contributed by atoms with E-state index in [1.54, 1.807) is 7.11 Å². The van der Waals surface area contributed by atoms with E-state index in [-0.39, 0.29) is 12.4 Å². The first-order valence-corrected chi connectivity index (χ1v) is 8.27. The van der Waals surface area contributed by atoms with Gasteiger partial charge < -0.3 is 19.4 Å². The topological polar surface area (TPSA) is 54.6 Å². The molecule has 0 unspecified atom stereocenters. The molecule has 0 radical (unpaired) electrons. The lowest BCUT2D eigenvalue weighted by molar-refractivity contribution is 0.0522. The molecule has 0 atom stereocenters. The molecule has 1 aliphatic rings. The quantitative estimate of drug-likeness (QED) is 0.832. The number of nitrogens with one attached hydrogen (secondary N) is 1. The predicted octanol–water partition coefficient (Wildman–Crippen LogP) is 2.54. The number of likely N-dealkylation sites (tertiary alicyclic amines) is 1. The number of nitrogens with zero attached hydrogens (tertiary/aromatic N) is 1. The van der Waals surface area contributed by atoms with Crippen molar-refractivity contribution in [2.45, 2.75) is 25.7 Å². The van der Waals surface area contributed by atoms with E-state index in [9.17, 15) is 4.79 Å². The molecule has 124 valence electrons. The minimum Gasteiger partial charge on any atom is -0.467 e. The maximum Gasteiger partial charge on any atom is 0.256 e. The van der Waals surface area contributed by atoms with Crippen molar-refractivity contribution in [1.29, 1.82) is 0 Å². The number of fused-ring (bicyclic) bond motifs is 1. The highest BCUT2D eigenvalue weighted by Crippen LogP contribution is 2.24. The molecule has 1 N–H and O–H groups in total. The molecule has 3 rings (SSSR count). The number of piperidine rings is 1. The molecule has 0 bridgehead atoms. The van der Waals surface area contributed by atoms with Crippen LogP contribution < -0.4 is 10.3 Å². The fourth-order valence-electron chi connectivity index (χ4n) is 3.16. The van der Waals surface area contributed by atoms with E-state index in [1.807, 2.05) is 24.3 Å². The molecular weight excluding hydrogens is 292 g/mol. The Bertz CT molecular complexity index is 705. The molecule has 2 heterocycles. The van der Waals surface area contributed by atoms with Gasteiger partial charge in [-0.1, -0.05) is 12.5 Å². The number of pyridine rings is 1. The summed E-state index contributed by atoms with van der Waals surface area (Å²) in [7, 11) is 1.59. The number of H-pyrrole nitrogens is 1. The minimum absolute atomic E-state index is 0.0565. The summed E-state index contributed by atoms with van der Waals surface area (Å²) in [5.41, 5.74) is 0.903. The van der Waals surface area contributed by atoms with E-state index < -0.39 is 0 Å². The second-order valence-corrected chi connectivity index (χ2v) is 6.04. The van der Waals surface area contributed by atoms with Crippen LogP contribution in [0.3, 0.4) is 0 Å². The van der Waals surface area contributed by atoms with E-state index in [0.717, 1.165) is 24.0 Å². The van der Waals surface area contributed by atoms with Crippen LogP contribution in [0.5, 0.6) is 5.75 Å². The summed E-state index contributed by atoms with van der Waals surface area (Å²) in [6.07, 6.45) is 4.75. The molecule has 1 aliphatic heterocycles. The van der Waals surface area contributed by atoms with Crippen molar-refractivity contribution in [3.05, 3.63) is 40.3 Å². The number of hydrogen-bond donors (Lipinski definition) is 1. The first kappa shape index (κ1) is 16.0. The van der Waals surface area contributed by atoms with Gasteiger partial charge >= 0.3 is 0 Å². The summed E-state index contributed by atoms with van der Waals surface area (Å²) in [5, 5.41) is 1.50. The second-order valence-electron chi connectivity index (χ2n) is 6.04. The maximum absolute atomic E-state index is 12.3. The van der Waals surface area contributed by atoms with Gasteiger partial charge in [-0.15, -0.1) is 0 Å². The molecule has 5 nitrogen and oxygen atoms in total. The Morgan fingerprint density at radius 1 is 1.17 bits per heavy atom. The van der Waals surface area contributed by atoms with Crippen molar-refractivity contribution >= 4 is 10.8 Å². The Kier molecular flexibility index (Phi) is 5.31. The summed E-state index contributed by atoms with van der Waals surface area (Å²) in [6, 6.07) is 7.55. The standard InChI is InChI=1S/C18H24N2O3/c1-22-13-23-17-7-5-6-15-16(17)12-14(19-18(15)21)8-11-20-9-3-2-4-10-20/h5-7,12H,2-4,8-11,13H2,1H3,(H,19,21). The van der Waals surface area contributed by atoms with E-state index in [0.29, 0.717) is 11.1 Å². The van der Waals surface area contributed by atoms with Gasteiger partial charge in [-0.25, -0.2) is 0 Å². The number of aromatic nitrogens is 1. The molecule has 1 aromatic heterocycles. The van der Waals surface area contributed by atoms with Gasteiger partial charge in [-0.3, -0.25) is 4.79 Å². The Morgan fingerprint density at radius 2 is 2.00 bits per heavy atom. The Balaban J connectivity index is 1.81. The lowest BCUT2D eigenvalue weighted by Gasteiger charge is -2.26. The number of hydrogen-bond acceptors (Lipinski definition) is 4. The molecule has 23 heavy (non-hydrogen) atoms. The number of methoxy groups -OCH3 is 1. The van der Waals surface area contributed by atoms with Crippen LogP contribution in [0.2, 0.25) is 0 Å². The highest BCUT2D eigenvalue weighted by Gasteiger charge is 2.11. The van der Waals surface area contributed by atoms with E-state index in [2.05, 4.69) is 9.88 Å². The number of rotatable bonds is 6. The van der Waals surface area contributed by atoms with Crippen LogP contribution in [0.4, 0.5) is 0 Å². The lowest BCUT2D eigenvalue weighted by atomic mass is 10.1. The van der Waals surface area contributed by atoms with Gasteiger partial charge in [0.25, 0.3) is 5.56 Å². The summed E-state index contributed by atoms with van der Waals surface area (Å²) < 4.78 is 10.6. The molecule has 0 saturated carbocycles. The van der Waals surface area contributed by atoms with Crippen LogP contribution in [0, 0.1) is 0 Å². The first-order chi connectivity index (χ1) is 11.3. The second kappa shape index (κ2) is 7.62. The van der Waals surface area contributed by atoms with Crippen LogP contribution in [0.25, 0.3) is 10.8 Å². The van der Waals surface area contributed by atoms with Crippen LogP contribution in [0.1, 0.15) is 25.0 Å². The van der Waals surface area contributed by atoms with Gasteiger partial charge in [0.05, 0.1) is 5.39 Å². The predicted molar refractivity (Wildman–Crippen MR) is 91.1 cm³/mol. The molecule has 0 aliphatic carbocycles. The van der Waals surface area contributed by atoms with Crippen molar-refractivity contribution < 1.29 is 9.47 Å². The first-order valence-electron chi connectivity index (χ1n) is 8.27. The minimum atomic E-state index is -0.0565. The van der Waals surface area contributed by atoms with Crippen molar-refractivity contribution in [2.75, 3.05) is 33.5 Å². The summed E-state index contributed by atoms with van der Waals surface area (Å²) in [4.78, 5) is 17.8. The fourth-order valence-corrected chi connectivity index (χ4v) is 3.16. The van der Waals surface area contributed by atoms with E-state index in [1.165, 1.54) is 32.4 Å². The monoisotopic (exact) mass is 316 g/mol. The number of benzene rings is 1. The number of aromatic amines is 1. The molecule has 0 spiro atoms. The van der Waals surface area contributed by atoms with Crippen LogP contribution in [-0.4, -0.2) is 43.4 Å². The third kappa shape index (κ3) is 3.92. The summed E-state index contributed by atoms with van der Waals surface area (Å²) in [6.45, 7) is 3.50. The highest BCUT2D eigenvalue weighted by molar-refractivity contribution is 5.87. The van der Waals surface area contributed by atoms with Gasteiger partial charge in [0.15, 0.2) is 6.79 Å². The van der Waals surface area contributed by atoms with Crippen molar-refractivity contribution in [3.8, 4) is 5.75 Å². The van der Waals surface area contributed by atoms with Gasteiger partial charge in [-0.2, -0.15) is 0 Å². The molecule has 5 heteroatoms. The molecule has 2 aromatic rings. The molecule has 1 saturated heterocycles. The zero-order valence-corrected chi connectivity index (χ0v) is 13.6. The van der Waals surface area contributed by atoms with Crippen molar-refractivity contribution in [2.24, 2.45) is 0 Å². The largest absolute Gasteiger partial charge is 0.467 e. The summed E-state index contributed by atoms with van der Waals surface area (Å²) in [5.74, 6) is 0.690. The normalized spacial score (nSPS) is 15.9. The number of ether oxygens (including phenoxy) is 2. The SMILES string of the molecule is COCOc1cccc2c(=O)[nH]c(CCN3CCCCC3)cc12. The van der Waals surface area contributed by atoms with Crippen molar-refractivity contribution in [3.63, 3.8) is 0 Å². The Labute approximate surface area is 136 Å². The molecule has 1 fully saturated rings. The Morgan fingerprint density at radius 3 is 2.78 bits per heavy atom. The highest BCUT2D eigenvalue weighted by atomic mass is 16.7. The van der Waals surface area contributed by atoms with Gasteiger partial charge in [0.2, 0.25) is 0 Å². The Hall–Kier alpha value is -1.85. The maximum atomic E-state index is 12.3. The zero-order valence-electron chi connectivity index (χ0n) is 13.6. The average molecular weight is 316 g/mol. The average Bonchev–Trinajstić information content (AvgIpc) is 2.59. The third-order valence-corrected chi connectivity index (χ3v) is 4.38. The third-order valence-electron chi connectivity index (χ3n) is 4.38. The summed E-state index contributed by atoms with van der Waals surface area (Å²) >= 11 is 0. The lowest BCUT2D eigenvalue weighted by Crippen LogP contribution is -2.31. The van der Waals surface area contributed by atoms with Crippen LogP contribution >= 0.6 is 0 Å². The van der Waals surface area contributed by atoms with Crippen molar-refractivity contribution in [1.82, 2.24) is 9.88 Å². The van der Waals surface area contributed by atoms with Crippen LogP contribution in [0.15, 0.2) is 29.1 Å². The van der Waals surface area contributed by atoms with Gasteiger partial charge in [-0.05, 0) is 44.1 Å². The fraction of sp³-hybridized carbons (Fsp3) is 0.500. The van der Waals surface area contributed by atoms with Crippen LogP contribution in [-0.2, 0) is 11.2 Å². The van der Waals surface area contributed by atoms with Gasteiger partial charge in [0.1, 0.15) is 5.75 Å². The molecule has 0 amide bonds. The van der Waals surface area contributed by atoms with E-state index >= 15 is 0 Å². The molecule has 1 aromatic carbocycles. The van der Waals surface area contributed by atoms with E-state index in [4.69, 9.17) is 9.47 Å².